The fraction of sp³-hybridized carbons (Fsp3) is 0.280. The lowest BCUT2D eigenvalue weighted by atomic mass is 9.91. The molecular formula is C25H24ClNO5. The maximum absolute atomic E-state index is 12.4. The van der Waals surface area contributed by atoms with E-state index in [1.807, 2.05) is 42.5 Å². The van der Waals surface area contributed by atoms with E-state index in [1.165, 1.54) is 0 Å². The summed E-state index contributed by atoms with van der Waals surface area (Å²) >= 11 is 6.41. The van der Waals surface area contributed by atoms with Crippen LogP contribution in [0.4, 0.5) is 0 Å². The molecule has 3 aromatic rings. The first kappa shape index (κ1) is 22.1. The number of esters is 1. The molecule has 7 heteroatoms. The smallest absolute Gasteiger partial charge is 0.308 e. The quantitative estimate of drug-likeness (QED) is 0.457. The Morgan fingerprint density at radius 1 is 1.06 bits per heavy atom. The minimum Gasteiger partial charge on any atom is -0.493 e. The number of aromatic nitrogens is 1. The minimum atomic E-state index is -0.579. The number of halogens is 1. The molecule has 1 aliphatic heterocycles. The molecule has 0 radical (unpaired) electrons. The zero-order chi connectivity index (χ0) is 22.7. The first-order valence-electron chi connectivity index (χ1n) is 10.3. The molecule has 166 valence electrons. The van der Waals surface area contributed by atoms with Crippen LogP contribution in [0.3, 0.4) is 0 Å². The van der Waals surface area contributed by atoms with Crippen molar-refractivity contribution in [3.63, 3.8) is 0 Å². The second kappa shape index (κ2) is 9.59. The van der Waals surface area contributed by atoms with E-state index in [9.17, 15) is 4.79 Å². The van der Waals surface area contributed by atoms with Gasteiger partial charge in [0.1, 0.15) is 6.10 Å². The molecular weight excluding hydrogens is 430 g/mol. The van der Waals surface area contributed by atoms with Gasteiger partial charge in [0.05, 0.1) is 33.4 Å². The van der Waals surface area contributed by atoms with E-state index in [0.29, 0.717) is 23.1 Å². The van der Waals surface area contributed by atoms with Gasteiger partial charge in [0.15, 0.2) is 11.5 Å². The summed E-state index contributed by atoms with van der Waals surface area (Å²) in [5, 5.41) is 0.582. The third-order valence-electron chi connectivity index (χ3n) is 5.46. The minimum absolute atomic E-state index is 0.0526. The number of ether oxygens (including phenoxy) is 4. The van der Waals surface area contributed by atoms with Gasteiger partial charge < -0.3 is 18.9 Å². The molecule has 4 rings (SSSR count). The van der Waals surface area contributed by atoms with Crippen molar-refractivity contribution >= 4 is 17.6 Å². The van der Waals surface area contributed by atoms with Crippen LogP contribution in [-0.2, 0) is 14.3 Å². The van der Waals surface area contributed by atoms with E-state index >= 15 is 0 Å². The largest absolute Gasteiger partial charge is 0.493 e. The van der Waals surface area contributed by atoms with E-state index in [-0.39, 0.29) is 12.4 Å². The summed E-state index contributed by atoms with van der Waals surface area (Å²) < 4.78 is 23.0. The number of fused-ring (bicyclic) bond motifs is 3. The summed E-state index contributed by atoms with van der Waals surface area (Å²) in [4.78, 5) is 16.7. The molecule has 6 nitrogen and oxygen atoms in total. The predicted octanol–water partition coefficient (Wildman–Crippen LogP) is 5.53. The van der Waals surface area contributed by atoms with Gasteiger partial charge in [-0.25, -0.2) is 0 Å². The number of benzene rings is 2. The molecule has 2 aromatic carbocycles. The molecule has 2 unspecified atom stereocenters. The number of nitrogens with zero attached hydrogens (tertiary/aromatic N) is 1. The third kappa shape index (κ3) is 4.16. The summed E-state index contributed by atoms with van der Waals surface area (Å²) in [6, 6.07) is 13.2. The maximum Gasteiger partial charge on any atom is 0.308 e. The fourth-order valence-electron chi connectivity index (χ4n) is 4.10. The van der Waals surface area contributed by atoms with Crippen molar-refractivity contribution in [1.82, 2.24) is 4.98 Å². The summed E-state index contributed by atoms with van der Waals surface area (Å²) in [5.74, 6) is 0.806. The molecule has 0 saturated carbocycles. The molecule has 0 amide bonds. The molecule has 1 aliphatic rings. The van der Waals surface area contributed by atoms with Gasteiger partial charge >= 0.3 is 5.97 Å². The van der Waals surface area contributed by atoms with Gasteiger partial charge in [-0.15, -0.1) is 0 Å². The van der Waals surface area contributed by atoms with Crippen LogP contribution < -0.4 is 9.47 Å². The Balaban J connectivity index is 1.93. The van der Waals surface area contributed by atoms with Crippen LogP contribution in [0, 0.1) is 0 Å². The van der Waals surface area contributed by atoms with Crippen LogP contribution in [0.5, 0.6) is 11.5 Å². The van der Waals surface area contributed by atoms with Crippen LogP contribution in [0.25, 0.3) is 11.1 Å². The first-order valence-corrected chi connectivity index (χ1v) is 10.7. The van der Waals surface area contributed by atoms with E-state index in [0.717, 1.165) is 27.8 Å². The SMILES string of the molecule is CCOC(=O)CC1OC(c2cccc(OC)c2OC)c2cc(Cl)ccc2-c2ccncc21. The highest BCUT2D eigenvalue weighted by Gasteiger charge is 2.34. The van der Waals surface area contributed by atoms with Crippen molar-refractivity contribution in [2.75, 3.05) is 20.8 Å². The van der Waals surface area contributed by atoms with Crippen molar-refractivity contribution in [2.24, 2.45) is 0 Å². The van der Waals surface area contributed by atoms with Crippen molar-refractivity contribution in [1.29, 1.82) is 0 Å². The average molecular weight is 454 g/mol. The second-order valence-electron chi connectivity index (χ2n) is 7.29. The highest BCUT2D eigenvalue weighted by molar-refractivity contribution is 6.30. The van der Waals surface area contributed by atoms with Crippen LogP contribution in [0.1, 0.15) is 42.2 Å². The number of carbonyl (C=O) groups is 1. The zero-order valence-electron chi connectivity index (χ0n) is 18.1. The summed E-state index contributed by atoms with van der Waals surface area (Å²) in [6.07, 6.45) is 2.37. The molecule has 0 fully saturated rings. The highest BCUT2D eigenvalue weighted by atomic mass is 35.5. The Bertz CT molecular complexity index is 1130. The van der Waals surface area contributed by atoms with Crippen molar-refractivity contribution in [2.45, 2.75) is 25.6 Å². The topological polar surface area (TPSA) is 66.9 Å². The molecule has 32 heavy (non-hydrogen) atoms. The average Bonchev–Trinajstić information content (AvgIpc) is 2.93. The molecule has 0 N–H and O–H groups in total. The van der Waals surface area contributed by atoms with Gasteiger partial charge in [0, 0.05) is 28.5 Å². The summed E-state index contributed by atoms with van der Waals surface area (Å²) in [6.45, 7) is 2.08. The van der Waals surface area contributed by atoms with Gasteiger partial charge in [-0.2, -0.15) is 0 Å². The molecule has 0 bridgehead atoms. The Morgan fingerprint density at radius 3 is 2.62 bits per heavy atom. The molecule has 2 atom stereocenters. The third-order valence-corrected chi connectivity index (χ3v) is 5.69. The van der Waals surface area contributed by atoms with E-state index < -0.39 is 12.2 Å². The van der Waals surface area contributed by atoms with Crippen LogP contribution in [-0.4, -0.2) is 31.8 Å². The monoisotopic (exact) mass is 453 g/mol. The number of hydrogen-bond acceptors (Lipinski definition) is 6. The zero-order valence-corrected chi connectivity index (χ0v) is 18.9. The van der Waals surface area contributed by atoms with Crippen molar-refractivity contribution in [3.05, 3.63) is 76.6 Å². The Morgan fingerprint density at radius 2 is 1.88 bits per heavy atom. The summed E-state index contributed by atoms with van der Waals surface area (Å²) in [7, 11) is 3.18. The Labute approximate surface area is 192 Å². The number of para-hydroxylation sites is 1. The Hall–Kier alpha value is -3.09. The lowest BCUT2D eigenvalue weighted by Gasteiger charge is -2.25. The predicted molar refractivity (Wildman–Crippen MR) is 121 cm³/mol. The fourth-order valence-corrected chi connectivity index (χ4v) is 4.28. The Kier molecular flexibility index (Phi) is 6.63. The van der Waals surface area contributed by atoms with E-state index in [2.05, 4.69) is 4.98 Å². The van der Waals surface area contributed by atoms with Crippen molar-refractivity contribution in [3.8, 4) is 22.6 Å². The van der Waals surface area contributed by atoms with Crippen LogP contribution in [0.15, 0.2) is 54.9 Å². The molecule has 1 aromatic heterocycles. The number of methoxy groups -OCH3 is 2. The maximum atomic E-state index is 12.4. The number of rotatable bonds is 6. The van der Waals surface area contributed by atoms with E-state index in [4.69, 9.17) is 30.5 Å². The normalized spacial score (nSPS) is 17.0. The van der Waals surface area contributed by atoms with Gasteiger partial charge in [-0.05, 0) is 47.9 Å². The molecule has 0 spiro atoms. The van der Waals surface area contributed by atoms with Gasteiger partial charge in [-0.3, -0.25) is 9.78 Å². The van der Waals surface area contributed by atoms with Crippen LogP contribution >= 0.6 is 11.6 Å². The van der Waals surface area contributed by atoms with Gasteiger partial charge in [-0.1, -0.05) is 29.8 Å². The number of pyridine rings is 1. The lowest BCUT2D eigenvalue weighted by Crippen LogP contribution is -2.16. The lowest BCUT2D eigenvalue weighted by molar-refractivity contribution is -0.147. The van der Waals surface area contributed by atoms with Gasteiger partial charge in [0.25, 0.3) is 0 Å². The van der Waals surface area contributed by atoms with Crippen molar-refractivity contribution < 1.29 is 23.7 Å². The first-order chi connectivity index (χ1) is 15.6. The molecule has 0 aliphatic carbocycles. The number of hydrogen-bond donors (Lipinski definition) is 0. The standard InChI is InChI=1S/C25H24ClNO5/c1-4-31-23(28)13-22-20-14-27-11-10-17(20)16-9-8-15(26)12-19(16)24(32-22)18-6-5-7-21(29-2)25(18)30-3/h5-12,14,22,24H,4,13H2,1-3H3. The second-order valence-corrected chi connectivity index (χ2v) is 7.73. The molecule has 0 saturated heterocycles. The van der Waals surface area contributed by atoms with Crippen LogP contribution in [0.2, 0.25) is 5.02 Å². The summed E-state index contributed by atoms with van der Waals surface area (Å²) in [5.41, 5.74) is 4.33. The number of carbonyl (C=O) groups excluding carboxylic acids is 1. The van der Waals surface area contributed by atoms with E-state index in [1.54, 1.807) is 33.5 Å². The van der Waals surface area contributed by atoms with Gasteiger partial charge in [0.2, 0.25) is 0 Å². The molecule has 2 heterocycles. The highest BCUT2D eigenvalue weighted by Crippen LogP contribution is 2.48.